The number of nitrogens with one attached hydrogen (secondary N) is 1. The number of rotatable bonds is 3. The molecule has 1 saturated carbocycles. The van der Waals surface area contributed by atoms with Crippen molar-refractivity contribution in [3.05, 3.63) is 23.9 Å². The first kappa shape index (κ1) is 21.6. The van der Waals surface area contributed by atoms with Crippen LogP contribution in [0.4, 0.5) is 5.82 Å². The fourth-order valence-electron chi connectivity index (χ4n) is 4.91. The van der Waals surface area contributed by atoms with E-state index in [1.807, 2.05) is 13.2 Å². The molecule has 0 unspecified atom stereocenters. The van der Waals surface area contributed by atoms with Crippen LogP contribution in [0.3, 0.4) is 0 Å². The molecule has 1 spiro atoms. The van der Waals surface area contributed by atoms with Crippen LogP contribution in [-0.2, 0) is 6.54 Å². The number of hydrogen-bond donors (Lipinski definition) is 1. The first-order valence-corrected chi connectivity index (χ1v) is 10.5. The summed E-state index contributed by atoms with van der Waals surface area (Å²) in [7, 11) is 4.08. The molecule has 3 fully saturated rings. The summed E-state index contributed by atoms with van der Waals surface area (Å²) in [5.41, 5.74) is 1.78. The van der Waals surface area contributed by atoms with E-state index in [2.05, 4.69) is 44.2 Å². The van der Waals surface area contributed by atoms with Crippen molar-refractivity contribution < 1.29 is 0 Å². The molecule has 2 saturated heterocycles. The third-order valence-corrected chi connectivity index (χ3v) is 6.70. The summed E-state index contributed by atoms with van der Waals surface area (Å²) in [5.74, 6) is 2.14. The lowest BCUT2D eigenvalue weighted by Crippen LogP contribution is -2.44. The van der Waals surface area contributed by atoms with Crippen molar-refractivity contribution in [3.8, 4) is 0 Å². The molecule has 156 valence electrons. The lowest BCUT2D eigenvalue weighted by Gasteiger charge is -2.33. The molecular weight excluding hydrogens is 463 g/mol. The van der Waals surface area contributed by atoms with Gasteiger partial charge in [-0.05, 0) is 43.4 Å². The van der Waals surface area contributed by atoms with E-state index in [1.54, 1.807) is 0 Å². The third kappa shape index (κ3) is 4.90. The predicted molar refractivity (Wildman–Crippen MR) is 127 cm³/mol. The van der Waals surface area contributed by atoms with Gasteiger partial charge in [-0.25, -0.2) is 4.98 Å². The maximum Gasteiger partial charge on any atom is 0.193 e. The first-order chi connectivity index (χ1) is 13.2. The number of pyridine rings is 1. The van der Waals surface area contributed by atoms with Crippen LogP contribution in [0.5, 0.6) is 0 Å². The number of anilines is 1. The smallest absolute Gasteiger partial charge is 0.193 e. The van der Waals surface area contributed by atoms with Gasteiger partial charge in [0.15, 0.2) is 5.96 Å². The molecule has 0 radical (unpaired) electrons. The zero-order valence-electron chi connectivity index (χ0n) is 17.4. The van der Waals surface area contributed by atoms with Crippen LogP contribution in [0.15, 0.2) is 23.3 Å². The van der Waals surface area contributed by atoms with Gasteiger partial charge in [-0.3, -0.25) is 4.99 Å². The lowest BCUT2D eigenvalue weighted by molar-refractivity contribution is 0.309. The van der Waals surface area contributed by atoms with E-state index in [1.165, 1.54) is 44.2 Å². The van der Waals surface area contributed by atoms with Crippen LogP contribution >= 0.6 is 24.0 Å². The Morgan fingerprint density at radius 1 is 1.11 bits per heavy atom. The standard InChI is InChI=1S/C21H34N6.HI/c1-22-20(27-10-9-21(17-27)7-3-4-8-21)24-16-18-5-6-19(23-15-18)26-13-11-25(2)12-14-26;/h5-6,15H,3-4,7-14,16-17H2,1-2H3,(H,22,24);1H. The molecule has 3 heterocycles. The molecule has 6 nitrogen and oxygen atoms in total. The van der Waals surface area contributed by atoms with Crippen LogP contribution in [-0.4, -0.2) is 74.1 Å². The molecule has 0 aromatic carbocycles. The maximum absolute atomic E-state index is 4.70. The topological polar surface area (TPSA) is 47.0 Å². The van der Waals surface area contributed by atoms with E-state index < -0.39 is 0 Å². The molecule has 1 aliphatic carbocycles. The number of piperazine rings is 1. The van der Waals surface area contributed by atoms with Crippen molar-refractivity contribution in [2.24, 2.45) is 10.4 Å². The Morgan fingerprint density at radius 2 is 1.86 bits per heavy atom. The summed E-state index contributed by atoms with van der Waals surface area (Å²) in [4.78, 5) is 16.4. The Balaban J connectivity index is 0.00000225. The quantitative estimate of drug-likeness (QED) is 0.395. The molecule has 4 rings (SSSR count). The van der Waals surface area contributed by atoms with Gasteiger partial charge in [0.05, 0.1) is 0 Å². The van der Waals surface area contributed by atoms with E-state index in [-0.39, 0.29) is 24.0 Å². The number of likely N-dealkylation sites (tertiary alicyclic amines) is 1. The summed E-state index contributed by atoms with van der Waals surface area (Å²) in [6.45, 7) is 7.44. The van der Waals surface area contributed by atoms with Crippen molar-refractivity contribution in [1.29, 1.82) is 0 Å². The summed E-state index contributed by atoms with van der Waals surface area (Å²) in [5, 5.41) is 3.55. The van der Waals surface area contributed by atoms with E-state index in [4.69, 9.17) is 4.98 Å². The van der Waals surface area contributed by atoms with Gasteiger partial charge in [0.2, 0.25) is 0 Å². The fourth-order valence-corrected chi connectivity index (χ4v) is 4.91. The van der Waals surface area contributed by atoms with Crippen molar-refractivity contribution in [2.75, 3.05) is 58.3 Å². The van der Waals surface area contributed by atoms with Gasteiger partial charge in [0.25, 0.3) is 0 Å². The van der Waals surface area contributed by atoms with Gasteiger partial charge in [0, 0.05) is 59.1 Å². The average Bonchev–Trinajstić information content (AvgIpc) is 3.34. The molecule has 7 heteroatoms. The Hall–Kier alpha value is -1.09. The highest BCUT2D eigenvalue weighted by molar-refractivity contribution is 14.0. The van der Waals surface area contributed by atoms with Gasteiger partial charge in [-0.1, -0.05) is 18.9 Å². The second kappa shape index (κ2) is 9.61. The Morgan fingerprint density at radius 3 is 2.50 bits per heavy atom. The molecule has 1 aromatic heterocycles. The molecule has 0 amide bonds. The van der Waals surface area contributed by atoms with Gasteiger partial charge in [-0.15, -0.1) is 24.0 Å². The highest BCUT2D eigenvalue weighted by atomic mass is 127. The number of guanidine groups is 1. The Labute approximate surface area is 186 Å². The fraction of sp³-hybridized carbons (Fsp3) is 0.714. The molecule has 0 bridgehead atoms. The SMILES string of the molecule is CN=C(NCc1ccc(N2CCN(C)CC2)nc1)N1CCC2(CCCC2)C1.I. The third-order valence-electron chi connectivity index (χ3n) is 6.70. The zero-order chi connectivity index (χ0) is 18.7. The Bertz CT molecular complexity index is 647. The molecule has 1 aromatic rings. The average molecular weight is 498 g/mol. The maximum atomic E-state index is 4.70. The minimum atomic E-state index is 0. The molecule has 28 heavy (non-hydrogen) atoms. The minimum absolute atomic E-state index is 0. The van der Waals surface area contributed by atoms with Crippen LogP contribution < -0.4 is 10.2 Å². The summed E-state index contributed by atoms with van der Waals surface area (Å²) in [6, 6.07) is 4.36. The highest BCUT2D eigenvalue weighted by Crippen LogP contribution is 2.45. The molecule has 1 N–H and O–H groups in total. The zero-order valence-corrected chi connectivity index (χ0v) is 19.7. The van der Waals surface area contributed by atoms with Crippen LogP contribution in [0.2, 0.25) is 0 Å². The van der Waals surface area contributed by atoms with E-state index in [9.17, 15) is 0 Å². The number of aliphatic imine (C=N–C) groups is 1. The number of hydrogen-bond acceptors (Lipinski definition) is 4. The van der Waals surface area contributed by atoms with Crippen LogP contribution in [0.1, 0.15) is 37.7 Å². The van der Waals surface area contributed by atoms with Crippen LogP contribution in [0.25, 0.3) is 0 Å². The minimum Gasteiger partial charge on any atom is -0.354 e. The number of halogens is 1. The number of nitrogens with zero attached hydrogens (tertiary/aromatic N) is 5. The van der Waals surface area contributed by atoms with Crippen molar-refractivity contribution in [1.82, 2.24) is 20.1 Å². The van der Waals surface area contributed by atoms with E-state index >= 15 is 0 Å². The van der Waals surface area contributed by atoms with E-state index in [0.29, 0.717) is 5.41 Å². The molecular formula is C21H35IN6. The molecule has 2 aliphatic heterocycles. The molecule has 0 atom stereocenters. The monoisotopic (exact) mass is 498 g/mol. The largest absolute Gasteiger partial charge is 0.354 e. The second-order valence-electron chi connectivity index (χ2n) is 8.59. The van der Waals surface area contributed by atoms with Crippen molar-refractivity contribution >= 4 is 35.8 Å². The molecule has 3 aliphatic rings. The van der Waals surface area contributed by atoms with Gasteiger partial charge in [0.1, 0.15) is 5.82 Å². The van der Waals surface area contributed by atoms with Gasteiger partial charge in [-0.2, -0.15) is 0 Å². The lowest BCUT2D eigenvalue weighted by atomic mass is 9.86. The van der Waals surface area contributed by atoms with Gasteiger partial charge >= 0.3 is 0 Å². The summed E-state index contributed by atoms with van der Waals surface area (Å²) in [6.07, 6.45) is 8.96. The van der Waals surface area contributed by atoms with Crippen molar-refractivity contribution in [3.63, 3.8) is 0 Å². The summed E-state index contributed by atoms with van der Waals surface area (Å²) >= 11 is 0. The van der Waals surface area contributed by atoms with Gasteiger partial charge < -0.3 is 20.0 Å². The van der Waals surface area contributed by atoms with Crippen LogP contribution in [0, 0.1) is 5.41 Å². The van der Waals surface area contributed by atoms with Crippen molar-refractivity contribution in [2.45, 2.75) is 38.6 Å². The number of likely N-dealkylation sites (N-methyl/N-ethyl adjacent to an activating group) is 1. The van der Waals surface area contributed by atoms with E-state index in [0.717, 1.165) is 51.0 Å². The number of aromatic nitrogens is 1. The highest BCUT2D eigenvalue weighted by Gasteiger charge is 2.41. The summed E-state index contributed by atoms with van der Waals surface area (Å²) < 4.78 is 0. The second-order valence-corrected chi connectivity index (χ2v) is 8.59. The first-order valence-electron chi connectivity index (χ1n) is 10.5. The normalized spacial score (nSPS) is 22.6. The predicted octanol–water partition coefficient (Wildman–Crippen LogP) is 2.79. The Kier molecular flexibility index (Phi) is 7.42.